The topological polar surface area (TPSA) is 53.9 Å². The highest BCUT2D eigenvalue weighted by molar-refractivity contribution is 5.97. The normalized spacial score (nSPS) is 20.5. The predicted octanol–water partition coefficient (Wildman–Crippen LogP) is 1.56. The van der Waals surface area contributed by atoms with Gasteiger partial charge in [0.25, 0.3) is 11.8 Å². The number of nitrogens with one attached hydrogen (secondary N) is 2. The number of piperidine rings is 1. The fraction of sp³-hybridized carbons (Fsp3) is 0.579. The summed E-state index contributed by atoms with van der Waals surface area (Å²) in [5.74, 6) is 0.0255. The molecule has 0 aliphatic carbocycles. The first kappa shape index (κ1) is 18.5. The number of quaternary nitrogens is 1. The van der Waals surface area contributed by atoms with Crippen LogP contribution in [0.4, 0.5) is 5.69 Å². The van der Waals surface area contributed by atoms with E-state index in [1.807, 2.05) is 26.0 Å². The van der Waals surface area contributed by atoms with E-state index in [0.717, 1.165) is 6.54 Å². The fourth-order valence-electron chi connectivity index (χ4n) is 3.35. The third kappa shape index (κ3) is 4.81. The van der Waals surface area contributed by atoms with Gasteiger partial charge in [0.15, 0.2) is 6.54 Å². The summed E-state index contributed by atoms with van der Waals surface area (Å²) in [6.45, 7) is 9.07. The maximum Gasteiger partial charge on any atom is 0.279 e. The lowest BCUT2D eigenvalue weighted by Gasteiger charge is -2.29. The van der Waals surface area contributed by atoms with Gasteiger partial charge in [0.2, 0.25) is 0 Å². The molecule has 2 N–H and O–H groups in total. The average molecular weight is 332 g/mol. The number of anilines is 1. The van der Waals surface area contributed by atoms with Crippen LogP contribution in [0.15, 0.2) is 24.3 Å². The zero-order chi connectivity index (χ0) is 17.5. The molecule has 1 unspecified atom stereocenters. The van der Waals surface area contributed by atoms with Gasteiger partial charge in [-0.3, -0.25) is 9.59 Å². The smallest absolute Gasteiger partial charge is 0.279 e. The lowest BCUT2D eigenvalue weighted by molar-refractivity contribution is -0.920. The molecule has 0 saturated carbocycles. The van der Waals surface area contributed by atoms with Gasteiger partial charge in [-0.2, -0.15) is 0 Å². The summed E-state index contributed by atoms with van der Waals surface area (Å²) in [5, 5.41) is 2.95. The number of likely N-dealkylation sites (tertiary alicyclic amines) is 1. The molecule has 0 aromatic heterocycles. The molecule has 1 fully saturated rings. The Balaban J connectivity index is 1.98. The minimum absolute atomic E-state index is 0.00590. The van der Waals surface area contributed by atoms with E-state index in [-0.39, 0.29) is 11.8 Å². The second kappa shape index (κ2) is 8.83. The van der Waals surface area contributed by atoms with Gasteiger partial charge in [0.05, 0.1) is 12.6 Å². The van der Waals surface area contributed by atoms with Crippen LogP contribution in [0.2, 0.25) is 0 Å². The SMILES string of the molecule is CCN(CC)C(=O)c1cccc(NC(=O)C[NH+]2CCCC[C@@H]2C)c1. The zero-order valence-electron chi connectivity index (χ0n) is 15.1. The summed E-state index contributed by atoms with van der Waals surface area (Å²) in [6.07, 6.45) is 3.65. The van der Waals surface area contributed by atoms with Gasteiger partial charge in [-0.15, -0.1) is 0 Å². The van der Waals surface area contributed by atoms with Crippen LogP contribution >= 0.6 is 0 Å². The summed E-state index contributed by atoms with van der Waals surface area (Å²) in [4.78, 5) is 27.9. The summed E-state index contributed by atoms with van der Waals surface area (Å²) in [5.41, 5.74) is 1.32. The number of hydrogen-bond donors (Lipinski definition) is 2. The predicted molar refractivity (Wildman–Crippen MR) is 96.3 cm³/mol. The largest absolute Gasteiger partial charge is 0.339 e. The number of rotatable bonds is 6. The molecule has 0 spiro atoms. The Hall–Kier alpha value is -1.88. The summed E-state index contributed by atoms with van der Waals surface area (Å²) in [7, 11) is 0. The van der Waals surface area contributed by atoms with E-state index >= 15 is 0 Å². The molecule has 1 aliphatic heterocycles. The lowest BCUT2D eigenvalue weighted by atomic mass is 10.0. The zero-order valence-corrected chi connectivity index (χ0v) is 15.1. The van der Waals surface area contributed by atoms with Crippen molar-refractivity contribution in [1.82, 2.24) is 4.90 Å². The van der Waals surface area contributed by atoms with E-state index in [9.17, 15) is 9.59 Å². The Labute approximate surface area is 145 Å². The Kier molecular flexibility index (Phi) is 6.79. The molecule has 1 heterocycles. The lowest BCUT2D eigenvalue weighted by Crippen LogP contribution is -3.17. The first-order valence-corrected chi connectivity index (χ1v) is 9.08. The first-order chi connectivity index (χ1) is 11.5. The molecule has 24 heavy (non-hydrogen) atoms. The monoisotopic (exact) mass is 332 g/mol. The third-order valence-corrected chi connectivity index (χ3v) is 4.91. The van der Waals surface area contributed by atoms with Crippen LogP contribution in [0, 0.1) is 0 Å². The number of nitrogens with zero attached hydrogens (tertiary/aromatic N) is 1. The number of amides is 2. The molecule has 0 radical (unpaired) electrons. The van der Waals surface area contributed by atoms with Gasteiger partial charge in [-0.25, -0.2) is 0 Å². The van der Waals surface area contributed by atoms with Crippen molar-refractivity contribution in [2.45, 2.75) is 46.1 Å². The third-order valence-electron chi connectivity index (χ3n) is 4.91. The van der Waals surface area contributed by atoms with Crippen LogP contribution in [0.3, 0.4) is 0 Å². The molecular weight excluding hydrogens is 302 g/mol. The minimum Gasteiger partial charge on any atom is -0.339 e. The standard InChI is InChI=1S/C19H29N3O2/c1-4-21(5-2)19(24)16-10-8-11-17(13-16)20-18(23)14-22-12-7-6-9-15(22)3/h8,10-11,13,15H,4-7,9,12,14H2,1-3H3,(H,20,23)/p+1/t15-/m0/s1. The van der Waals surface area contributed by atoms with Crippen LogP contribution in [-0.2, 0) is 4.79 Å². The molecule has 1 aliphatic rings. The number of hydrogen-bond acceptors (Lipinski definition) is 2. The fourth-order valence-corrected chi connectivity index (χ4v) is 3.35. The Bertz CT molecular complexity index is 569. The molecule has 2 rings (SSSR count). The van der Waals surface area contributed by atoms with Crippen molar-refractivity contribution in [3.05, 3.63) is 29.8 Å². The molecule has 2 atom stereocenters. The van der Waals surface area contributed by atoms with Crippen molar-refractivity contribution in [3.8, 4) is 0 Å². The second-order valence-electron chi connectivity index (χ2n) is 6.59. The molecule has 1 aromatic rings. The van der Waals surface area contributed by atoms with Crippen LogP contribution in [0.5, 0.6) is 0 Å². The summed E-state index contributed by atoms with van der Waals surface area (Å²) < 4.78 is 0. The minimum atomic E-state index is 0.00590. The number of carbonyl (C=O) groups is 2. The molecule has 5 nitrogen and oxygen atoms in total. The van der Waals surface area contributed by atoms with Crippen molar-refractivity contribution >= 4 is 17.5 Å². The summed E-state index contributed by atoms with van der Waals surface area (Å²) in [6, 6.07) is 7.77. The molecule has 1 saturated heterocycles. The number of benzene rings is 1. The molecule has 0 bridgehead atoms. The van der Waals surface area contributed by atoms with Crippen molar-refractivity contribution in [2.24, 2.45) is 0 Å². The number of carbonyl (C=O) groups excluding carboxylic acids is 2. The molecule has 1 aromatic carbocycles. The Morgan fingerprint density at radius 1 is 1.25 bits per heavy atom. The highest BCUT2D eigenvalue weighted by Gasteiger charge is 2.24. The molecular formula is C19H30N3O2+. The van der Waals surface area contributed by atoms with Gasteiger partial charge in [-0.1, -0.05) is 6.07 Å². The van der Waals surface area contributed by atoms with Crippen molar-refractivity contribution < 1.29 is 14.5 Å². The van der Waals surface area contributed by atoms with Crippen LogP contribution < -0.4 is 10.2 Å². The highest BCUT2D eigenvalue weighted by Crippen LogP contribution is 2.13. The maximum atomic E-state index is 12.4. The highest BCUT2D eigenvalue weighted by atomic mass is 16.2. The van der Waals surface area contributed by atoms with E-state index in [1.165, 1.54) is 24.2 Å². The molecule has 5 heteroatoms. The van der Waals surface area contributed by atoms with Gasteiger partial charge in [0.1, 0.15) is 0 Å². The van der Waals surface area contributed by atoms with E-state index in [4.69, 9.17) is 0 Å². The molecule has 2 amide bonds. The molecule has 132 valence electrons. The van der Waals surface area contributed by atoms with Gasteiger partial charge >= 0.3 is 0 Å². The van der Waals surface area contributed by atoms with Gasteiger partial charge in [-0.05, 0) is 58.2 Å². The van der Waals surface area contributed by atoms with Crippen LogP contribution in [0.1, 0.15) is 50.4 Å². The Morgan fingerprint density at radius 2 is 2.00 bits per heavy atom. The average Bonchev–Trinajstić information content (AvgIpc) is 2.58. The Morgan fingerprint density at radius 3 is 2.67 bits per heavy atom. The van der Waals surface area contributed by atoms with Crippen molar-refractivity contribution in [3.63, 3.8) is 0 Å². The van der Waals surface area contributed by atoms with E-state index in [2.05, 4.69) is 12.2 Å². The van der Waals surface area contributed by atoms with Crippen LogP contribution in [0.25, 0.3) is 0 Å². The van der Waals surface area contributed by atoms with Crippen LogP contribution in [-0.4, -0.2) is 48.9 Å². The maximum absolute atomic E-state index is 12.4. The van der Waals surface area contributed by atoms with E-state index in [0.29, 0.717) is 36.9 Å². The van der Waals surface area contributed by atoms with E-state index < -0.39 is 0 Å². The van der Waals surface area contributed by atoms with Gasteiger partial charge in [0, 0.05) is 24.3 Å². The first-order valence-electron chi connectivity index (χ1n) is 9.08. The van der Waals surface area contributed by atoms with E-state index in [1.54, 1.807) is 17.0 Å². The quantitative estimate of drug-likeness (QED) is 0.831. The van der Waals surface area contributed by atoms with Gasteiger partial charge < -0.3 is 15.1 Å². The summed E-state index contributed by atoms with van der Waals surface area (Å²) >= 11 is 0. The second-order valence-corrected chi connectivity index (χ2v) is 6.59. The van der Waals surface area contributed by atoms with Crippen molar-refractivity contribution in [2.75, 3.05) is 31.5 Å². The van der Waals surface area contributed by atoms with Crippen molar-refractivity contribution in [1.29, 1.82) is 0 Å².